The van der Waals surface area contributed by atoms with Gasteiger partial charge in [0, 0.05) is 12.6 Å². The molecule has 0 bridgehead atoms. The van der Waals surface area contributed by atoms with Gasteiger partial charge >= 0.3 is 0 Å². The quantitative estimate of drug-likeness (QED) is 0.721. The van der Waals surface area contributed by atoms with Crippen molar-refractivity contribution in [1.82, 2.24) is 9.97 Å². The van der Waals surface area contributed by atoms with Crippen molar-refractivity contribution in [1.29, 1.82) is 0 Å². The van der Waals surface area contributed by atoms with Crippen molar-refractivity contribution in [2.24, 2.45) is 5.92 Å². The van der Waals surface area contributed by atoms with Crippen molar-refractivity contribution in [3.05, 3.63) is 6.07 Å². The van der Waals surface area contributed by atoms with Gasteiger partial charge in [-0.15, -0.1) is 0 Å². The average molecular weight is 221 g/mol. The van der Waals surface area contributed by atoms with Crippen LogP contribution in [0.3, 0.4) is 0 Å². The third-order valence-electron chi connectivity index (χ3n) is 3.06. The van der Waals surface area contributed by atoms with Crippen LogP contribution in [0.1, 0.15) is 32.1 Å². The molecule has 1 fully saturated rings. The number of nitrogens with zero attached hydrogens (tertiary/aromatic N) is 2. The number of hydrogen-bond donors (Lipinski definition) is 3. The highest BCUT2D eigenvalue weighted by atomic mass is 15.1. The number of hydrogen-bond acceptors (Lipinski definition) is 5. The first-order valence-corrected chi connectivity index (χ1v) is 5.88. The molecule has 5 nitrogen and oxygen atoms in total. The summed E-state index contributed by atoms with van der Waals surface area (Å²) in [6.07, 6.45) is 6.69. The van der Waals surface area contributed by atoms with Crippen LogP contribution in [0.15, 0.2) is 6.07 Å². The molecule has 5 heteroatoms. The Morgan fingerprint density at radius 2 is 1.94 bits per heavy atom. The first kappa shape index (κ1) is 11.0. The van der Waals surface area contributed by atoms with Crippen LogP contribution >= 0.6 is 0 Å². The summed E-state index contributed by atoms with van der Waals surface area (Å²) in [6, 6.07) is 1.72. The van der Waals surface area contributed by atoms with E-state index in [9.17, 15) is 0 Å². The molecule has 5 N–H and O–H groups in total. The van der Waals surface area contributed by atoms with Crippen LogP contribution in [0, 0.1) is 5.92 Å². The lowest BCUT2D eigenvalue weighted by molar-refractivity contribution is 0.373. The molecular formula is C11H19N5. The second kappa shape index (κ2) is 5.01. The molecule has 0 aliphatic heterocycles. The minimum absolute atomic E-state index is 0.228. The lowest BCUT2D eigenvalue weighted by Crippen LogP contribution is -2.18. The summed E-state index contributed by atoms with van der Waals surface area (Å²) in [5.41, 5.74) is 11.1. The van der Waals surface area contributed by atoms with E-state index in [1.165, 1.54) is 32.1 Å². The summed E-state index contributed by atoms with van der Waals surface area (Å²) < 4.78 is 0. The predicted molar refractivity (Wildman–Crippen MR) is 65.9 cm³/mol. The SMILES string of the molecule is Nc1cc(NCC2CCCCC2)nc(N)n1. The zero-order valence-electron chi connectivity index (χ0n) is 9.45. The summed E-state index contributed by atoms with van der Waals surface area (Å²) in [7, 11) is 0. The maximum atomic E-state index is 5.60. The van der Waals surface area contributed by atoms with Crippen molar-refractivity contribution in [2.75, 3.05) is 23.3 Å². The van der Waals surface area contributed by atoms with Gasteiger partial charge in [0.1, 0.15) is 11.6 Å². The van der Waals surface area contributed by atoms with E-state index >= 15 is 0 Å². The van der Waals surface area contributed by atoms with E-state index in [1.54, 1.807) is 6.07 Å². The van der Waals surface area contributed by atoms with Crippen molar-refractivity contribution in [3.8, 4) is 0 Å². The van der Waals surface area contributed by atoms with Crippen molar-refractivity contribution >= 4 is 17.6 Å². The third kappa shape index (κ3) is 2.98. The summed E-state index contributed by atoms with van der Waals surface area (Å²) >= 11 is 0. The lowest BCUT2D eigenvalue weighted by atomic mass is 9.89. The molecule has 0 spiro atoms. The minimum atomic E-state index is 0.228. The topological polar surface area (TPSA) is 89.8 Å². The highest BCUT2D eigenvalue weighted by Gasteiger charge is 2.13. The molecule has 0 atom stereocenters. The molecule has 1 aromatic heterocycles. The Hall–Kier alpha value is -1.52. The van der Waals surface area contributed by atoms with E-state index in [0.717, 1.165) is 18.3 Å². The van der Waals surface area contributed by atoms with Crippen molar-refractivity contribution in [2.45, 2.75) is 32.1 Å². The van der Waals surface area contributed by atoms with Gasteiger partial charge in [0.25, 0.3) is 0 Å². The van der Waals surface area contributed by atoms with Gasteiger partial charge < -0.3 is 16.8 Å². The Morgan fingerprint density at radius 3 is 2.62 bits per heavy atom. The highest BCUT2D eigenvalue weighted by molar-refractivity contribution is 5.48. The highest BCUT2D eigenvalue weighted by Crippen LogP contribution is 2.23. The average Bonchev–Trinajstić information content (AvgIpc) is 2.27. The van der Waals surface area contributed by atoms with Gasteiger partial charge in [-0.1, -0.05) is 19.3 Å². The van der Waals surface area contributed by atoms with Gasteiger partial charge in [0.2, 0.25) is 5.95 Å². The Morgan fingerprint density at radius 1 is 1.19 bits per heavy atom. The molecule has 0 saturated heterocycles. The zero-order valence-corrected chi connectivity index (χ0v) is 9.45. The number of nitrogens with two attached hydrogens (primary N) is 2. The third-order valence-corrected chi connectivity index (χ3v) is 3.06. The van der Waals surface area contributed by atoms with Gasteiger partial charge in [-0.05, 0) is 18.8 Å². The summed E-state index contributed by atoms with van der Waals surface area (Å²) in [5.74, 6) is 2.13. The van der Waals surface area contributed by atoms with Crippen LogP contribution in [-0.4, -0.2) is 16.5 Å². The van der Waals surface area contributed by atoms with Crippen molar-refractivity contribution < 1.29 is 0 Å². The second-order valence-electron chi connectivity index (χ2n) is 4.42. The molecule has 0 amide bonds. The number of nitrogens with one attached hydrogen (secondary N) is 1. The first-order chi connectivity index (χ1) is 7.74. The van der Waals surface area contributed by atoms with Gasteiger partial charge in [-0.25, -0.2) is 0 Å². The Balaban J connectivity index is 1.88. The van der Waals surface area contributed by atoms with E-state index in [-0.39, 0.29) is 5.95 Å². The smallest absolute Gasteiger partial charge is 0.223 e. The van der Waals surface area contributed by atoms with Crippen LogP contribution in [0.4, 0.5) is 17.6 Å². The number of aromatic nitrogens is 2. The Kier molecular flexibility index (Phi) is 3.44. The van der Waals surface area contributed by atoms with E-state index < -0.39 is 0 Å². The van der Waals surface area contributed by atoms with Gasteiger partial charge in [0.05, 0.1) is 0 Å². The molecular weight excluding hydrogens is 202 g/mol. The standard InChI is InChI=1S/C11H19N5/c12-9-6-10(16-11(13)15-9)14-7-8-4-2-1-3-5-8/h6,8H,1-5,7H2,(H5,12,13,14,15,16). The van der Waals surface area contributed by atoms with Crippen molar-refractivity contribution in [3.63, 3.8) is 0 Å². The molecule has 16 heavy (non-hydrogen) atoms. The normalized spacial score (nSPS) is 17.2. The number of nitrogen functional groups attached to an aromatic ring is 2. The predicted octanol–water partition coefficient (Wildman–Crippen LogP) is 1.63. The molecule has 1 aliphatic rings. The second-order valence-corrected chi connectivity index (χ2v) is 4.42. The molecule has 0 radical (unpaired) electrons. The molecule has 88 valence electrons. The van der Waals surface area contributed by atoms with Crippen LogP contribution in [0.5, 0.6) is 0 Å². The van der Waals surface area contributed by atoms with E-state index in [4.69, 9.17) is 11.5 Å². The molecule has 1 aliphatic carbocycles. The number of anilines is 3. The zero-order chi connectivity index (χ0) is 11.4. The monoisotopic (exact) mass is 221 g/mol. The van der Waals surface area contributed by atoms with Gasteiger partial charge in [0.15, 0.2) is 0 Å². The lowest BCUT2D eigenvalue weighted by Gasteiger charge is -2.21. The fourth-order valence-corrected chi connectivity index (χ4v) is 2.22. The largest absolute Gasteiger partial charge is 0.383 e. The molecule has 1 saturated carbocycles. The summed E-state index contributed by atoms with van der Waals surface area (Å²) in [4.78, 5) is 7.93. The maximum absolute atomic E-state index is 5.60. The summed E-state index contributed by atoms with van der Waals surface area (Å²) in [5, 5.41) is 3.28. The molecule has 0 aromatic carbocycles. The molecule has 1 heterocycles. The Labute approximate surface area is 95.6 Å². The maximum Gasteiger partial charge on any atom is 0.223 e. The first-order valence-electron chi connectivity index (χ1n) is 5.88. The molecule has 0 unspecified atom stereocenters. The van der Waals surface area contributed by atoms with Crippen LogP contribution in [0.2, 0.25) is 0 Å². The fourth-order valence-electron chi connectivity index (χ4n) is 2.22. The Bertz CT molecular complexity index is 326. The summed E-state index contributed by atoms with van der Waals surface area (Å²) in [6.45, 7) is 0.954. The van der Waals surface area contributed by atoms with Crippen LogP contribution < -0.4 is 16.8 Å². The van der Waals surface area contributed by atoms with Crippen LogP contribution in [0.25, 0.3) is 0 Å². The number of rotatable bonds is 3. The molecule has 1 aromatic rings. The van der Waals surface area contributed by atoms with Gasteiger partial charge in [-0.2, -0.15) is 9.97 Å². The minimum Gasteiger partial charge on any atom is -0.383 e. The molecule has 2 rings (SSSR count). The van der Waals surface area contributed by atoms with Gasteiger partial charge in [-0.3, -0.25) is 0 Å². The van der Waals surface area contributed by atoms with E-state index in [1.807, 2.05) is 0 Å². The van der Waals surface area contributed by atoms with E-state index in [2.05, 4.69) is 15.3 Å². The van der Waals surface area contributed by atoms with E-state index in [0.29, 0.717) is 5.82 Å². The van der Waals surface area contributed by atoms with Crippen LogP contribution in [-0.2, 0) is 0 Å². The fraction of sp³-hybridized carbons (Fsp3) is 0.636.